The van der Waals surface area contributed by atoms with E-state index in [0.717, 1.165) is 77.8 Å². The van der Waals surface area contributed by atoms with E-state index < -0.39 is 15.8 Å². The van der Waals surface area contributed by atoms with Gasteiger partial charge in [-0.15, -0.1) is 0 Å². The van der Waals surface area contributed by atoms with Gasteiger partial charge in [-0.05, 0) is 63.3 Å². The van der Waals surface area contributed by atoms with Gasteiger partial charge in [0, 0.05) is 32.2 Å². The van der Waals surface area contributed by atoms with Crippen molar-refractivity contribution in [1.82, 2.24) is 14.5 Å². The highest BCUT2D eigenvalue weighted by Crippen LogP contribution is 2.24. The van der Waals surface area contributed by atoms with Crippen LogP contribution >= 0.6 is 0 Å². The van der Waals surface area contributed by atoms with Crippen LogP contribution in [0.1, 0.15) is 51.9 Å². The number of hydrogen-bond acceptors (Lipinski definition) is 5. The number of rotatable bonds is 7. The second-order valence-corrected chi connectivity index (χ2v) is 10.7. The van der Waals surface area contributed by atoms with Crippen molar-refractivity contribution >= 4 is 15.9 Å². The number of likely N-dealkylation sites (tertiary alicyclic amines) is 1. The number of carbonyl (C=O) groups excluding carboxylic acids is 1. The van der Waals surface area contributed by atoms with E-state index in [1.807, 2.05) is 0 Å². The Morgan fingerprint density at radius 1 is 1.00 bits per heavy atom. The number of nitrogens with one attached hydrogen (secondary N) is 1. The van der Waals surface area contributed by atoms with Gasteiger partial charge in [0.2, 0.25) is 15.9 Å². The molecular formula is C20H37N3O4S. The van der Waals surface area contributed by atoms with Crippen LogP contribution in [-0.4, -0.2) is 81.9 Å². The molecule has 0 bridgehead atoms. The zero-order chi connectivity index (χ0) is 20.0. The lowest BCUT2D eigenvalue weighted by molar-refractivity contribution is -0.129. The van der Waals surface area contributed by atoms with Crippen LogP contribution in [0.3, 0.4) is 0 Å². The lowest BCUT2D eigenvalue weighted by atomic mass is 9.88. The number of amides is 1. The third-order valence-corrected chi connectivity index (χ3v) is 7.92. The number of morpholine rings is 1. The normalized spacial score (nSPS) is 28.4. The van der Waals surface area contributed by atoms with Crippen molar-refractivity contribution in [2.24, 2.45) is 11.8 Å². The fourth-order valence-corrected chi connectivity index (χ4v) is 5.92. The second-order valence-electron chi connectivity index (χ2n) is 8.90. The molecular weight excluding hydrogens is 378 g/mol. The molecule has 2 aliphatic heterocycles. The molecule has 3 fully saturated rings. The van der Waals surface area contributed by atoms with Gasteiger partial charge < -0.3 is 9.64 Å². The maximum atomic E-state index is 12.5. The van der Waals surface area contributed by atoms with Crippen molar-refractivity contribution in [3.63, 3.8) is 0 Å². The molecule has 2 saturated heterocycles. The fourth-order valence-electron chi connectivity index (χ4n) is 4.59. The minimum atomic E-state index is -3.55. The summed E-state index contributed by atoms with van der Waals surface area (Å²) in [6.45, 7) is 8.36. The predicted molar refractivity (Wildman–Crippen MR) is 110 cm³/mol. The molecule has 3 rings (SSSR count). The lowest BCUT2D eigenvalue weighted by Crippen LogP contribution is -2.46. The molecule has 0 aromatic rings. The van der Waals surface area contributed by atoms with Crippen LogP contribution in [0.2, 0.25) is 0 Å². The molecule has 1 N–H and O–H groups in total. The molecule has 2 heterocycles. The maximum absolute atomic E-state index is 12.5. The summed E-state index contributed by atoms with van der Waals surface area (Å²) in [6.07, 6.45) is 6.97. The minimum absolute atomic E-state index is 0.0000708. The molecule has 0 radical (unpaired) electrons. The number of piperidine rings is 1. The third kappa shape index (κ3) is 6.97. The van der Waals surface area contributed by atoms with Crippen molar-refractivity contribution in [2.75, 3.05) is 51.7 Å². The van der Waals surface area contributed by atoms with E-state index in [9.17, 15) is 13.2 Å². The monoisotopic (exact) mass is 415 g/mol. The average molecular weight is 416 g/mol. The molecule has 0 unspecified atom stereocenters. The highest BCUT2D eigenvalue weighted by atomic mass is 32.2. The third-order valence-electron chi connectivity index (χ3n) is 6.60. The molecule has 3 aliphatic rings. The molecule has 7 nitrogen and oxygen atoms in total. The second kappa shape index (κ2) is 10.4. The molecule has 0 atom stereocenters. The van der Waals surface area contributed by atoms with Gasteiger partial charge in [0.25, 0.3) is 0 Å². The van der Waals surface area contributed by atoms with Gasteiger partial charge in [-0.25, -0.2) is 13.1 Å². The molecule has 0 aromatic heterocycles. The van der Waals surface area contributed by atoms with E-state index in [4.69, 9.17) is 4.74 Å². The Bertz CT molecular complexity index is 591. The summed E-state index contributed by atoms with van der Waals surface area (Å²) in [7, 11) is -3.55. The fraction of sp³-hybridized carbons (Fsp3) is 0.950. The van der Waals surface area contributed by atoms with Gasteiger partial charge >= 0.3 is 0 Å². The molecule has 162 valence electrons. The number of ether oxygens (including phenoxy) is 1. The summed E-state index contributed by atoms with van der Waals surface area (Å²) in [5, 5.41) is 0. The van der Waals surface area contributed by atoms with Crippen molar-refractivity contribution < 1.29 is 17.9 Å². The Kier molecular flexibility index (Phi) is 8.14. The standard InChI is InChI=1S/C20H37N3O4S/c1-17-2-4-19(5-3-17)21-28(25,26)16-20(24)23-10-7-18(8-11-23)6-9-22-12-14-27-15-13-22/h17-19,21H,2-16H2,1H3. The Labute approximate surface area is 170 Å². The number of carbonyl (C=O) groups is 1. The summed E-state index contributed by atoms with van der Waals surface area (Å²) in [5.41, 5.74) is 0. The molecule has 0 spiro atoms. The summed E-state index contributed by atoms with van der Waals surface area (Å²) < 4.78 is 32.9. The van der Waals surface area contributed by atoms with E-state index >= 15 is 0 Å². The first kappa shape index (κ1) is 22.0. The van der Waals surface area contributed by atoms with Gasteiger partial charge in [0.1, 0.15) is 5.75 Å². The van der Waals surface area contributed by atoms with Gasteiger partial charge in [0.05, 0.1) is 13.2 Å². The molecule has 1 amide bonds. The first-order valence-corrected chi connectivity index (χ1v) is 12.6. The Morgan fingerprint density at radius 3 is 2.29 bits per heavy atom. The summed E-state index contributed by atoms with van der Waals surface area (Å²) in [4.78, 5) is 16.7. The summed E-state index contributed by atoms with van der Waals surface area (Å²) in [5.74, 6) is 0.651. The smallest absolute Gasteiger partial charge is 0.239 e. The molecule has 1 saturated carbocycles. The maximum Gasteiger partial charge on any atom is 0.239 e. The average Bonchev–Trinajstić information content (AvgIpc) is 2.69. The quantitative estimate of drug-likeness (QED) is 0.681. The van der Waals surface area contributed by atoms with Crippen molar-refractivity contribution in [3.8, 4) is 0 Å². The van der Waals surface area contributed by atoms with Crippen LogP contribution in [0.5, 0.6) is 0 Å². The van der Waals surface area contributed by atoms with Crippen LogP contribution in [0.25, 0.3) is 0 Å². The summed E-state index contributed by atoms with van der Waals surface area (Å²) >= 11 is 0. The van der Waals surface area contributed by atoms with Crippen LogP contribution in [0, 0.1) is 11.8 Å². The predicted octanol–water partition coefficient (Wildman–Crippen LogP) is 1.45. The lowest BCUT2D eigenvalue weighted by Gasteiger charge is -2.34. The number of nitrogens with zero attached hydrogens (tertiary/aromatic N) is 2. The van der Waals surface area contributed by atoms with Crippen molar-refractivity contribution in [2.45, 2.75) is 57.9 Å². The van der Waals surface area contributed by atoms with Gasteiger partial charge in [-0.1, -0.05) is 6.92 Å². The Hall–Kier alpha value is -0.700. The van der Waals surface area contributed by atoms with Gasteiger partial charge in [-0.2, -0.15) is 0 Å². The minimum Gasteiger partial charge on any atom is -0.379 e. The molecule has 1 aliphatic carbocycles. The van der Waals surface area contributed by atoms with E-state index in [2.05, 4.69) is 16.5 Å². The SMILES string of the molecule is CC1CCC(NS(=O)(=O)CC(=O)N2CCC(CCN3CCOCC3)CC2)CC1. The van der Waals surface area contributed by atoms with Gasteiger partial charge in [-0.3, -0.25) is 9.69 Å². The highest BCUT2D eigenvalue weighted by Gasteiger charge is 2.29. The topological polar surface area (TPSA) is 79.0 Å². The summed E-state index contributed by atoms with van der Waals surface area (Å²) in [6, 6.07) is -0.0000708. The van der Waals surface area contributed by atoms with Crippen LogP contribution < -0.4 is 4.72 Å². The molecule has 8 heteroatoms. The van der Waals surface area contributed by atoms with Crippen molar-refractivity contribution in [3.05, 3.63) is 0 Å². The van der Waals surface area contributed by atoms with E-state index in [-0.39, 0.29) is 11.9 Å². The van der Waals surface area contributed by atoms with Crippen LogP contribution in [0.4, 0.5) is 0 Å². The van der Waals surface area contributed by atoms with Gasteiger partial charge in [0.15, 0.2) is 0 Å². The van der Waals surface area contributed by atoms with E-state index in [1.165, 1.54) is 0 Å². The largest absolute Gasteiger partial charge is 0.379 e. The zero-order valence-corrected chi connectivity index (χ0v) is 18.1. The Balaban J connectivity index is 1.36. The first-order valence-electron chi connectivity index (χ1n) is 11.0. The molecule has 28 heavy (non-hydrogen) atoms. The first-order chi connectivity index (χ1) is 13.4. The van der Waals surface area contributed by atoms with Crippen molar-refractivity contribution in [1.29, 1.82) is 0 Å². The van der Waals surface area contributed by atoms with E-state index in [1.54, 1.807) is 4.90 Å². The highest BCUT2D eigenvalue weighted by molar-refractivity contribution is 7.90. The van der Waals surface area contributed by atoms with Crippen LogP contribution in [-0.2, 0) is 19.6 Å². The number of sulfonamides is 1. The Morgan fingerprint density at radius 2 is 1.64 bits per heavy atom. The van der Waals surface area contributed by atoms with E-state index in [0.29, 0.717) is 24.9 Å². The van der Waals surface area contributed by atoms with Crippen LogP contribution in [0.15, 0.2) is 0 Å². The molecule has 0 aromatic carbocycles. The zero-order valence-electron chi connectivity index (χ0n) is 17.3. The number of hydrogen-bond donors (Lipinski definition) is 1.